The van der Waals surface area contributed by atoms with Crippen LogP contribution in [0.4, 0.5) is 30.8 Å². The van der Waals surface area contributed by atoms with Crippen LogP contribution in [0.5, 0.6) is 0 Å². The normalized spacial score (nSPS) is 25.8. The molecule has 0 atom stereocenters. The van der Waals surface area contributed by atoms with Gasteiger partial charge in [0.1, 0.15) is 23.4 Å². The number of alkyl halides is 3. The Labute approximate surface area is 167 Å². The van der Waals surface area contributed by atoms with Crippen molar-refractivity contribution in [3.8, 4) is 0 Å². The molecule has 30 heavy (non-hydrogen) atoms. The van der Waals surface area contributed by atoms with E-state index in [1.54, 1.807) is 6.92 Å². The number of anilines is 3. The third kappa shape index (κ3) is 2.96. The van der Waals surface area contributed by atoms with E-state index in [2.05, 4.69) is 25.6 Å². The highest BCUT2D eigenvalue weighted by Gasteiger charge is 2.59. The smallest absolute Gasteiger partial charge is 0.380 e. The number of amides is 1. The number of aromatic nitrogens is 4. The van der Waals surface area contributed by atoms with Crippen molar-refractivity contribution in [1.82, 2.24) is 24.8 Å². The minimum Gasteiger partial charge on any atom is -0.380 e. The van der Waals surface area contributed by atoms with E-state index in [-0.39, 0.29) is 36.1 Å². The number of carbonyl (C=O) groups excluding carboxylic acids is 1. The Morgan fingerprint density at radius 3 is 2.50 bits per heavy atom. The summed E-state index contributed by atoms with van der Waals surface area (Å²) in [5.41, 5.74) is 1.18. The van der Waals surface area contributed by atoms with Gasteiger partial charge in [0.05, 0.1) is 0 Å². The van der Waals surface area contributed by atoms with Crippen molar-refractivity contribution in [2.24, 2.45) is 0 Å². The third-order valence-corrected chi connectivity index (χ3v) is 5.65. The molecule has 160 valence electrons. The van der Waals surface area contributed by atoms with Crippen molar-refractivity contribution in [3.05, 3.63) is 34.0 Å². The number of nitrogens with zero attached hydrogens (tertiary/aromatic N) is 4. The molecule has 13 heteroatoms. The van der Waals surface area contributed by atoms with E-state index < -0.39 is 41.7 Å². The van der Waals surface area contributed by atoms with Crippen molar-refractivity contribution in [2.45, 2.75) is 50.0 Å². The van der Waals surface area contributed by atoms with E-state index >= 15 is 0 Å². The zero-order chi connectivity index (χ0) is 21.9. The molecule has 1 amide bonds. The van der Waals surface area contributed by atoms with Gasteiger partial charge >= 0.3 is 6.18 Å². The maximum absolute atomic E-state index is 13.2. The minimum atomic E-state index is -4.80. The van der Waals surface area contributed by atoms with Crippen molar-refractivity contribution < 1.29 is 23.1 Å². The van der Waals surface area contributed by atoms with Crippen LogP contribution in [0.1, 0.15) is 41.7 Å². The molecule has 2 aliphatic rings. The lowest BCUT2D eigenvalue weighted by molar-refractivity contribution is -0.275. The number of hydrogen-bond donors (Lipinski definition) is 4. The minimum absolute atomic E-state index is 0.000901. The van der Waals surface area contributed by atoms with Gasteiger partial charge < -0.3 is 21.5 Å². The predicted molar refractivity (Wildman–Crippen MR) is 97.9 cm³/mol. The number of pyridine rings is 1. The van der Waals surface area contributed by atoms with Crippen molar-refractivity contribution >= 4 is 23.5 Å². The molecule has 0 unspecified atom stereocenters. The summed E-state index contributed by atoms with van der Waals surface area (Å²) in [5.74, 6) is -0.628. The zero-order valence-corrected chi connectivity index (χ0v) is 15.7. The molecule has 10 nitrogen and oxygen atoms in total. The average molecular weight is 425 g/mol. The van der Waals surface area contributed by atoms with Crippen LogP contribution >= 0.6 is 0 Å². The number of fused-ring (bicyclic) bond motifs is 2. The molecule has 1 fully saturated rings. The molecular formula is C17H18F3N7O3. The van der Waals surface area contributed by atoms with Crippen molar-refractivity contribution in [3.63, 3.8) is 0 Å². The topological polar surface area (TPSA) is 148 Å². The van der Waals surface area contributed by atoms with Gasteiger partial charge in [0.15, 0.2) is 5.60 Å². The highest BCUT2D eigenvalue weighted by molar-refractivity contribution is 5.97. The highest BCUT2D eigenvalue weighted by atomic mass is 19.4. The first-order valence-electron chi connectivity index (χ1n) is 9.06. The molecule has 0 aromatic carbocycles. The maximum Gasteiger partial charge on any atom is 0.417 e. The number of nitrogen functional groups attached to an aromatic ring is 1. The Bertz CT molecular complexity index is 1090. The fourth-order valence-electron chi connectivity index (χ4n) is 4.05. The number of hydrogen-bond acceptors (Lipinski definition) is 8. The summed E-state index contributed by atoms with van der Waals surface area (Å²) < 4.78 is 40.8. The van der Waals surface area contributed by atoms with Crippen LogP contribution in [0, 0.1) is 6.92 Å². The number of rotatable bonds is 2. The third-order valence-electron chi connectivity index (χ3n) is 5.65. The largest absolute Gasteiger partial charge is 0.417 e. The van der Waals surface area contributed by atoms with E-state index in [9.17, 15) is 27.9 Å². The number of nitrogens with one attached hydrogen (secondary N) is 2. The lowest BCUT2D eigenvalue weighted by atomic mass is 9.78. The van der Waals surface area contributed by atoms with Gasteiger partial charge in [-0.05, 0) is 44.2 Å². The molecule has 1 spiro atoms. The van der Waals surface area contributed by atoms with Crippen LogP contribution in [0.15, 0.2) is 17.2 Å². The van der Waals surface area contributed by atoms with Gasteiger partial charge in [0.25, 0.3) is 11.5 Å². The fourth-order valence-corrected chi connectivity index (χ4v) is 4.05. The first-order chi connectivity index (χ1) is 14.0. The van der Waals surface area contributed by atoms with Crippen LogP contribution < -0.4 is 21.9 Å². The summed E-state index contributed by atoms with van der Waals surface area (Å²) >= 11 is 0. The number of nitrogens with two attached hydrogens (primary N) is 1. The Hall–Kier alpha value is -3.22. The van der Waals surface area contributed by atoms with E-state index in [1.807, 2.05) is 0 Å². The summed E-state index contributed by atoms with van der Waals surface area (Å²) in [6, 6.07) is 1.43. The van der Waals surface area contributed by atoms with Crippen LogP contribution in [0.3, 0.4) is 0 Å². The molecule has 0 saturated heterocycles. The van der Waals surface area contributed by atoms with E-state index in [1.165, 1.54) is 10.6 Å². The molecule has 2 aromatic heterocycles. The van der Waals surface area contributed by atoms with E-state index in [4.69, 9.17) is 5.73 Å². The quantitative estimate of drug-likeness (QED) is 0.555. The second-order valence-corrected chi connectivity index (χ2v) is 7.54. The van der Waals surface area contributed by atoms with Gasteiger partial charge in [-0.25, -0.2) is 9.97 Å². The van der Waals surface area contributed by atoms with Crippen LogP contribution in [0.25, 0.3) is 0 Å². The lowest BCUT2D eigenvalue weighted by Gasteiger charge is -2.43. The first-order valence-corrected chi connectivity index (χ1v) is 9.06. The summed E-state index contributed by atoms with van der Waals surface area (Å²) in [6.07, 6.45) is -5.48. The van der Waals surface area contributed by atoms with E-state index in [0.29, 0.717) is 5.56 Å². The Morgan fingerprint density at radius 1 is 1.23 bits per heavy atom. The molecular weight excluding hydrogens is 407 g/mol. The molecule has 1 aliphatic heterocycles. The van der Waals surface area contributed by atoms with Gasteiger partial charge in [-0.15, -0.1) is 0 Å². The summed E-state index contributed by atoms with van der Waals surface area (Å²) in [6.45, 7) is 1.60. The summed E-state index contributed by atoms with van der Waals surface area (Å²) in [4.78, 5) is 37.1. The van der Waals surface area contributed by atoms with E-state index in [0.717, 1.165) is 6.33 Å². The second kappa shape index (κ2) is 6.39. The van der Waals surface area contributed by atoms with Gasteiger partial charge in [-0.2, -0.15) is 18.2 Å². The average Bonchev–Trinajstić information content (AvgIpc) is 2.94. The Kier molecular flexibility index (Phi) is 4.27. The van der Waals surface area contributed by atoms with Crippen LogP contribution in [0.2, 0.25) is 0 Å². The van der Waals surface area contributed by atoms with Crippen LogP contribution in [-0.4, -0.2) is 42.3 Å². The first kappa shape index (κ1) is 20.1. The molecule has 1 aliphatic carbocycles. The molecule has 5 N–H and O–H groups in total. The number of carbonyl (C=O) groups is 1. The molecule has 0 bridgehead atoms. The summed E-state index contributed by atoms with van der Waals surface area (Å²) in [7, 11) is 0. The SMILES string of the molecule is Cc1cc(Nc2ncnc(N)n2)c(=O)n2c1C(=O)NC21CCC(O)(C(F)(F)F)CC1. The molecule has 4 rings (SSSR count). The summed E-state index contributed by atoms with van der Waals surface area (Å²) in [5, 5.41) is 15.4. The Morgan fingerprint density at radius 2 is 1.90 bits per heavy atom. The van der Waals surface area contributed by atoms with Gasteiger partial charge in [0, 0.05) is 0 Å². The monoisotopic (exact) mass is 425 g/mol. The number of aryl methyl sites for hydroxylation is 1. The van der Waals surface area contributed by atoms with Gasteiger partial charge in [-0.3, -0.25) is 14.2 Å². The second-order valence-electron chi connectivity index (χ2n) is 7.54. The van der Waals surface area contributed by atoms with Crippen molar-refractivity contribution in [2.75, 3.05) is 11.1 Å². The predicted octanol–water partition coefficient (Wildman–Crippen LogP) is 0.931. The lowest BCUT2D eigenvalue weighted by Crippen LogP contribution is -2.57. The zero-order valence-electron chi connectivity index (χ0n) is 15.7. The maximum atomic E-state index is 13.2. The molecule has 1 saturated carbocycles. The standard InChI is InChI=1S/C17H18F3N7O3/c1-8-6-9(24-14-23-7-22-13(21)25-14)12(29)27-10(8)11(28)26-16(27)4-2-15(30,3-5-16)17(18,19)20/h6-7,30H,2-5H2,1H3,(H,26,28)(H3,21,22,23,24,25). The molecule has 3 heterocycles. The van der Waals surface area contributed by atoms with Gasteiger partial charge in [-0.1, -0.05) is 0 Å². The number of aliphatic hydroxyl groups is 1. The molecule has 0 radical (unpaired) electrons. The van der Waals surface area contributed by atoms with Crippen LogP contribution in [-0.2, 0) is 5.66 Å². The highest BCUT2D eigenvalue weighted by Crippen LogP contribution is 2.47. The molecule has 2 aromatic rings. The van der Waals surface area contributed by atoms with Crippen molar-refractivity contribution in [1.29, 1.82) is 0 Å². The number of halogens is 3. The fraction of sp³-hybridized carbons (Fsp3) is 0.471. The Balaban J connectivity index is 1.76. The van der Waals surface area contributed by atoms with Gasteiger partial charge in [0.2, 0.25) is 11.9 Å².